The molecule has 1 fully saturated rings. The molecule has 8 heteroatoms. The van der Waals surface area contributed by atoms with Crippen molar-refractivity contribution < 1.29 is 18.8 Å². The number of amides is 3. The largest absolute Gasteiger partial charge is 0.467 e. The number of benzene rings is 1. The molecular weight excluding hydrogens is 450 g/mol. The van der Waals surface area contributed by atoms with Crippen molar-refractivity contribution in [2.45, 2.75) is 51.1 Å². The third kappa shape index (κ3) is 5.39. The van der Waals surface area contributed by atoms with Crippen molar-refractivity contribution in [3.63, 3.8) is 0 Å². The number of carbonyl (C=O) groups is 3. The fraction of sp³-hybridized carbons (Fsp3) is 0.346. The van der Waals surface area contributed by atoms with Crippen LogP contribution in [-0.2, 0) is 16.0 Å². The van der Waals surface area contributed by atoms with E-state index in [0.717, 1.165) is 31.2 Å². The molecule has 7 nitrogen and oxygen atoms in total. The molecule has 1 aliphatic rings. The number of para-hydroxylation sites is 1. The lowest BCUT2D eigenvalue weighted by Gasteiger charge is -2.32. The highest BCUT2D eigenvalue weighted by Crippen LogP contribution is 2.32. The predicted octanol–water partition coefficient (Wildman–Crippen LogP) is 4.47. The van der Waals surface area contributed by atoms with Crippen LogP contribution in [0.4, 0.5) is 5.69 Å². The highest BCUT2D eigenvalue weighted by Gasteiger charge is 2.37. The Morgan fingerprint density at radius 3 is 2.56 bits per heavy atom. The van der Waals surface area contributed by atoms with Gasteiger partial charge in [0.15, 0.2) is 6.04 Å². The second-order valence-corrected chi connectivity index (χ2v) is 9.26. The summed E-state index contributed by atoms with van der Waals surface area (Å²) < 4.78 is 5.65. The van der Waals surface area contributed by atoms with E-state index in [1.807, 2.05) is 31.2 Å². The van der Waals surface area contributed by atoms with Crippen LogP contribution in [0.3, 0.4) is 0 Å². The van der Waals surface area contributed by atoms with Crippen molar-refractivity contribution in [1.29, 1.82) is 0 Å². The van der Waals surface area contributed by atoms with Crippen LogP contribution in [0.15, 0.2) is 64.6 Å². The first-order valence-corrected chi connectivity index (χ1v) is 12.5. The molecule has 0 bridgehead atoms. The standard InChI is InChI=1S/C26H29N3O4S/c1-2-18-9-3-6-12-20(18)29(23(30)17-27-25(31)22-14-8-16-34-22)24(21-13-7-15-33-21)26(32)28-19-10-4-5-11-19/h3,6-9,12-16,19,24H,2,4-5,10-11,17H2,1H3,(H,27,31)(H,28,32)/t24-/m1/s1. The number of anilines is 1. The van der Waals surface area contributed by atoms with Gasteiger partial charge in [-0.3, -0.25) is 19.3 Å². The highest BCUT2D eigenvalue weighted by molar-refractivity contribution is 7.12. The van der Waals surface area contributed by atoms with E-state index >= 15 is 0 Å². The molecule has 2 aromatic heterocycles. The van der Waals surface area contributed by atoms with Crippen LogP contribution in [0.2, 0.25) is 0 Å². The normalized spacial score (nSPS) is 14.5. The van der Waals surface area contributed by atoms with E-state index in [1.165, 1.54) is 22.5 Å². The maximum Gasteiger partial charge on any atom is 0.261 e. The fourth-order valence-electron chi connectivity index (χ4n) is 4.37. The van der Waals surface area contributed by atoms with E-state index in [9.17, 15) is 14.4 Å². The monoisotopic (exact) mass is 479 g/mol. The zero-order valence-corrected chi connectivity index (χ0v) is 20.0. The van der Waals surface area contributed by atoms with Gasteiger partial charge < -0.3 is 15.1 Å². The summed E-state index contributed by atoms with van der Waals surface area (Å²) in [5, 5.41) is 7.63. The topological polar surface area (TPSA) is 91.7 Å². The number of nitrogens with one attached hydrogen (secondary N) is 2. The second kappa shape index (κ2) is 11.2. The molecule has 1 aliphatic carbocycles. The van der Waals surface area contributed by atoms with Gasteiger partial charge in [0.25, 0.3) is 11.8 Å². The van der Waals surface area contributed by atoms with Gasteiger partial charge in [-0.15, -0.1) is 11.3 Å². The molecule has 1 aromatic carbocycles. The molecule has 1 saturated carbocycles. The van der Waals surface area contributed by atoms with E-state index < -0.39 is 11.9 Å². The van der Waals surface area contributed by atoms with Crippen LogP contribution in [0.5, 0.6) is 0 Å². The summed E-state index contributed by atoms with van der Waals surface area (Å²) in [6, 6.07) is 13.5. The van der Waals surface area contributed by atoms with Crippen LogP contribution in [-0.4, -0.2) is 30.3 Å². The summed E-state index contributed by atoms with van der Waals surface area (Å²) >= 11 is 1.30. The van der Waals surface area contributed by atoms with Gasteiger partial charge in [0.1, 0.15) is 5.76 Å². The maximum atomic E-state index is 13.7. The van der Waals surface area contributed by atoms with Crippen LogP contribution in [0.1, 0.15) is 59.6 Å². The molecule has 4 rings (SSSR count). The van der Waals surface area contributed by atoms with Crippen LogP contribution in [0, 0.1) is 0 Å². The minimum Gasteiger partial charge on any atom is -0.467 e. The lowest BCUT2D eigenvalue weighted by Crippen LogP contribution is -2.49. The lowest BCUT2D eigenvalue weighted by atomic mass is 10.0. The molecule has 0 saturated heterocycles. The number of aryl methyl sites for hydroxylation is 1. The number of thiophene rings is 1. The van der Waals surface area contributed by atoms with Gasteiger partial charge in [0.05, 0.1) is 17.7 Å². The number of carbonyl (C=O) groups excluding carboxylic acids is 3. The Morgan fingerprint density at radius 2 is 1.88 bits per heavy atom. The Hall–Kier alpha value is -3.39. The Morgan fingerprint density at radius 1 is 1.09 bits per heavy atom. The molecular formula is C26H29N3O4S. The van der Waals surface area contributed by atoms with E-state index in [0.29, 0.717) is 22.7 Å². The van der Waals surface area contributed by atoms with E-state index in [2.05, 4.69) is 10.6 Å². The fourth-order valence-corrected chi connectivity index (χ4v) is 5.01. The van der Waals surface area contributed by atoms with Crippen molar-refractivity contribution in [2.75, 3.05) is 11.4 Å². The Balaban J connectivity index is 1.67. The summed E-state index contributed by atoms with van der Waals surface area (Å²) in [6.07, 6.45) is 6.17. The number of hydrogen-bond donors (Lipinski definition) is 2. The van der Waals surface area contributed by atoms with E-state index in [-0.39, 0.29) is 24.4 Å². The summed E-state index contributed by atoms with van der Waals surface area (Å²) in [4.78, 5) is 41.7. The molecule has 178 valence electrons. The molecule has 3 amide bonds. The summed E-state index contributed by atoms with van der Waals surface area (Å²) in [6.45, 7) is 1.75. The van der Waals surface area contributed by atoms with Crippen molar-refractivity contribution >= 4 is 34.7 Å². The Kier molecular flexibility index (Phi) is 7.80. The van der Waals surface area contributed by atoms with Gasteiger partial charge in [-0.25, -0.2) is 0 Å². The first-order valence-electron chi connectivity index (χ1n) is 11.6. The lowest BCUT2D eigenvalue weighted by molar-refractivity contribution is -0.127. The van der Waals surface area contributed by atoms with Gasteiger partial charge in [-0.1, -0.05) is 44.0 Å². The van der Waals surface area contributed by atoms with E-state index in [1.54, 1.807) is 29.6 Å². The third-order valence-electron chi connectivity index (χ3n) is 6.07. The van der Waals surface area contributed by atoms with Crippen LogP contribution < -0.4 is 15.5 Å². The van der Waals surface area contributed by atoms with Gasteiger partial charge in [0, 0.05) is 11.7 Å². The molecule has 2 heterocycles. The average Bonchev–Trinajstić information content (AvgIpc) is 3.64. The number of furan rings is 1. The van der Waals surface area contributed by atoms with Crippen LogP contribution >= 0.6 is 11.3 Å². The predicted molar refractivity (Wildman–Crippen MR) is 132 cm³/mol. The second-order valence-electron chi connectivity index (χ2n) is 8.31. The SMILES string of the molecule is CCc1ccccc1N(C(=O)CNC(=O)c1cccs1)[C@@H](C(=O)NC1CCCC1)c1ccco1. The van der Waals surface area contributed by atoms with Crippen molar-refractivity contribution in [3.8, 4) is 0 Å². The number of rotatable bonds is 9. The smallest absolute Gasteiger partial charge is 0.261 e. The minimum absolute atomic E-state index is 0.0851. The first kappa shape index (κ1) is 23.8. The van der Waals surface area contributed by atoms with E-state index in [4.69, 9.17) is 4.42 Å². The maximum absolute atomic E-state index is 13.7. The van der Waals surface area contributed by atoms with Crippen molar-refractivity contribution in [1.82, 2.24) is 10.6 Å². The zero-order valence-electron chi connectivity index (χ0n) is 19.2. The van der Waals surface area contributed by atoms with Gasteiger partial charge >= 0.3 is 0 Å². The molecule has 0 spiro atoms. The number of nitrogens with zero attached hydrogens (tertiary/aromatic N) is 1. The quantitative estimate of drug-likeness (QED) is 0.474. The Labute approximate surface area is 203 Å². The van der Waals surface area contributed by atoms with Gasteiger partial charge in [-0.2, -0.15) is 0 Å². The van der Waals surface area contributed by atoms with Gasteiger partial charge in [0.2, 0.25) is 5.91 Å². The molecule has 2 N–H and O–H groups in total. The average molecular weight is 480 g/mol. The highest BCUT2D eigenvalue weighted by atomic mass is 32.1. The number of hydrogen-bond acceptors (Lipinski definition) is 5. The zero-order chi connectivity index (χ0) is 23.9. The summed E-state index contributed by atoms with van der Waals surface area (Å²) in [5.74, 6) is -0.629. The van der Waals surface area contributed by atoms with Crippen LogP contribution in [0.25, 0.3) is 0 Å². The summed E-state index contributed by atoms with van der Waals surface area (Å²) in [5.41, 5.74) is 1.55. The van der Waals surface area contributed by atoms with Gasteiger partial charge in [-0.05, 0) is 54.5 Å². The third-order valence-corrected chi connectivity index (χ3v) is 6.94. The molecule has 0 radical (unpaired) electrons. The molecule has 3 aromatic rings. The molecule has 34 heavy (non-hydrogen) atoms. The Bertz CT molecular complexity index is 1110. The molecule has 1 atom stereocenters. The van der Waals surface area contributed by atoms with Crippen molar-refractivity contribution in [3.05, 3.63) is 76.4 Å². The molecule has 0 unspecified atom stereocenters. The van der Waals surface area contributed by atoms with Crippen molar-refractivity contribution in [2.24, 2.45) is 0 Å². The molecule has 0 aliphatic heterocycles. The first-order chi connectivity index (χ1) is 16.6. The minimum atomic E-state index is -0.991. The summed E-state index contributed by atoms with van der Waals surface area (Å²) in [7, 11) is 0.